The minimum atomic E-state index is -0.309. The van der Waals surface area contributed by atoms with Crippen molar-refractivity contribution < 1.29 is 14.3 Å². The van der Waals surface area contributed by atoms with E-state index < -0.39 is 0 Å². The molecule has 146 valence electrons. The smallest absolute Gasteiger partial charge is 0.345 e. The molecule has 0 atom stereocenters. The van der Waals surface area contributed by atoms with Crippen LogP contribution >= 0.6 is 0 Å². The maximum atomic E-state index is 12.4. The van der Waals surface area contributed by atoms with Crippen LogP contribution in [0.15, 0.2) is 47.5 Å². The number of hydrogen-bond donors (Lipinski definition) is 1. The van der Waals surface area contributed by atoms with Crippen LogP contribution in [-0.4, -0.2) is 46.0 Å². The highest BCUT2D eigenvalue weighted by atomic mass is 16.5. The summed E-state index contributed by atoms with van der Waals surface area (Å²) >= 11 is 0. The van der Waals surface area contributed by atoms with E-state index in [0.717, 1.165) is 5.56 Å². The molecule has 9 nitrogen and oxygen atoms in total. The van der Waals surface area contributed by atoms with E-state index in [9.17, 15) is 9.59 Å². The normalized spacial score (nSPS) is 10.5. The van der Waals surface area contributed by atoms with E-state index in [4.69, 9.17) is 9.47 Å². The molecule has 3 aromatic rings. The first-order chi connectivity index (χ1) is 13.5. The number of hydrogen-bond acceptors (Lipinski definition) is 6. The fourth-order valence-corrected chi connectivity index (χ4v) is 2.74. The maximum Gasteiger partial charge on any atom is 0.345 e. The molecule has 1 aromatic carbocycles. The molecule has 9 heteroatoms. The molecule has 2 heterocycles. The molecule has 0 aliphatic carbocycles. The molecule has 0 aliphatic rings. The largest absolute Gasteiger partial charge is 0.497 e. The van der Waals surface area contributed by atoms with Crippen molar-refractivity contribution in [2.45, 2.75) is 6.54 Å². The van der Waals surface area contributed by atoms with Crippen molar-refractivity contribution in [2.75, 3.05) is 20.8 Å². The number of carbonyl (C=O) groups is 1. The highest BCUT2D eigenvalue weighted by Crippen LogP contribution is 2.24. The maximum absolute atomic E-state index is 12.4. The van der Waals surface area contributed by atoms with Gasteiger partial charge in [-0.05, 0) is 24.3 Å². The van der Waals surface area contributed by atoms with Gasteiger partial charge in [0.15, 0.2) is 5.82 Å². The molecule has 3 rings (SSSR count). The van der Waals surface area contributed by atoms with Crippen molar-refractivity contribution >= 4 is 5.91 Å². The molecule has 0 fully saturated rings. The van der Waals surface area contributed by atoms with Crippen LogP contribution in [0.1, 0.15) is 10.4 Å². The first kappa shape index (κ1) is 19.2. The summed E-state index contributed by atoms with van der Waals surface area (Å²) < 4.78 is 13.1. The third kappa shape index (κ3) is 3.88. The molecule has 0 aliphatic heterocycles. The third-order valence-corrected chi connectivity index (χ3v) is 4.22. The quantitative estimate of drug-likeness (QED) is 0.656. The van der Waals surface area contributed by atoms with Crippen LogP contribution in [0, 0.1) is 0 Å². The molecule has 0 spiro atoms. The number of amides is 1. The summed E-state index contributed by atoms with van der Waals surface area (Å²) in [6, 6.07) is 8.55. The molecule has 28 heavy (non-hydrogen) atoms. The van der Waals surface area contributed by atoms with E-state index in [1.54, 1.807) is 50.8 Å². The van der Waals surface area contributed by atoms with Crippen molar-refractivity contribution in [1.82, 2.24) is 24.6 Å². The Morgan fingerprint density at radius 1 is 1.21 bits per heavy atom. The van der Waals surface area contributed by atoms with Crippen LogP contribution in [0.3, 0.4) is 0 Å². The summed E-state index contributed by atoms with van der Waals surface area (Å²) in [6.07, 6.45) is 3.30. The van der Waals surface area contributed by atoms with Gasteiger partial charge < -0.3 is 14.8 Å². The number of ether oxygens (including phenoxy) is 2. The van der Waals surface area contributed by atoms with Gasteiger partial charge in [-0.25, -0.2) is 9.48 Å². The number of nitrogens with one attached hydrogen (secondary N) is 1. The lowest BCUT2D eigenvalue weighted by Crippen LogP contribution is -2.31. The Kier molecular flexibility index (Phi) is 5.73. The summed E-state index contributed by atoms with van der Waals surface area (Å²) in [6.45, 7) is 0.467. The predicted octanol–water partition coefficient (Wildman–Crippen LogP) is 1.09. The van der Waals surface area contributed by atoms with Crippen molar-refractivity contribution in [3.63, 3.8) is 0 Å². The second-order valence-corrected chi connectivity index (χ2v) is 5.95. The van der Waals surface area contributed by atoms with Crippen LogP contribution in [0.4, 0.5) is 0 Å². The number of benzene rings is 1. The zero-order chi connectivity index (χ0) is 20.1. The zero-order valence-electron chi connectivity index (χ0n) is 15.9. The molecule has 0 saturated heterocycles. The van der Waals surface area contributed by atoms with E-state index in [-0.39, 0.29) is 24.7 Å². The Labute approximate surface area is 161 Å². The van der Waals surface area contributed by atoms with Crippen molar-refractivity contribution in [3.05, 3.63) is 58.8 Å². The van der Waals surface area contributed by atoms with Crippen LogP contribution in [0.25, 0.3) is 11.4 Å². The number of carbonyl (C=O) groups excluding carboxylic acids is 1. The van der Waals surface area contributed by atoms with E-state index in [1.165, 1.54) is 16.4 Å². The molecular weight excluding hydrogens is 362 g/mol. The second-order valence-electron chi connectivity index (χ2n) is 5.95. The predicted molar refractivity (Wildman–Crippen MR) is 103 cm³/mol. The fourth-order valence-electron chi connectivity index (χ4n) is 2.74. The summed E-state index contributed by atoms with van der Waals surface area (Å²) in [5.41, 5.74) is 0.857. The number of methoxy groups -OCH3 is 2. The number of nitrogens with zero attached hydrogens (tertiary/aromatic N) is 4. The first-order valence-electron chi connectivity index (χ1n) is 8.59. The molecule has 2 aromatic heterocycles. The molecule has 0 radical (unpaired) electrons. The van der Waals surface area contributed by atoms with Crippen molar-refractivity contribution in [1.29, 1.82) is 0 Å². The van der Waals surface area contributed by atoms with Gasteiger partial charge in [-0.2, -0.15) is 0 Å². The van der Waals surface area contributed by atoms with E-state index in [1.807, 2.05) is 6.07 Å². The van der Waals surface area contributed by atoms with Gasteiger partial charge in [0.05, 0.1) is 26.3 Å². The fraction of sp³-hybridized carbons (Fsp3) is 0.263. The average molecular weight is 383 g/mol. The van der Waals surface area contributed by atoms with Crippen molar-refractivity contribution in [2.24, 2.45) is 7.05 Å². The molecule has 1 amide bonds. The summed E-state index contributed by atoms with van der Waals surface area (Å²) in [5.74, 6) is 1.21. The topological polar surface area (TPSA) is 100 Å². The van der Waals surface area contributed by atoms with Crippen molar-refractivity contribution in [3.8, 4) is 22.9 Å². The molecule has 0 unspecified atom stereocenters. The Balaban J connectivity index is 1.69. The highest BCUT2D eigenvalue weighted by molar-refractivity contribution is 5.97. The number of pyridine rings is 1. The summed E-state index contributed by atoms with van der Waals surface area (Å²) in [4.78, 5) is 28.9. The summed E-state index contributed by atoms with van der Waals surface area (Å²) in [5, 5.41) is 7.11. The monoisotopic (exact) mass is 383 g/mol. The molecule has 0 bridgehead atoms. The SMILES string of the molecule is COc1ccc(C(=O)NCCn2nc(-c3cccnc3)n(C)c2=O)c(OC)c1. The minimum absolute atomic E-state index is 0.233. The lowest BCUT2D eigenvalue weighted by molar-refractivity contribution is 0.0948. The second kappa shape index (κ2) is 8.38. The Hall–Kier alpha value is -3.62. The Morgan fingerprint density at radius 2 is 2.04 bits per heavy atom. The molecule has 0 saturated carbocycles. The highest BCUT2D eigenvalue weighted by Gasteiger charge is 2.15. The molecule has 1 N–H and O–H groups in total. The summed E-state index contributed by atoms with van der Waals surface area (Å²) in [7, 11) is 4.67. The van der Waals surface area contributed by atoms with Crippen LogP contribution < -0.4 is 20.5 Å². The minimum Gasteiger partial charge on any atom is -0.497 e. The van der Waals surface area contributed by atoms with E-state index in [0.29, 0.717) is 22.9 Å². The van der Waals surface area contributed by atoms with Gasteiger partial charge in [0.1, 0.15) is 11.5 Å². The van der Waals surface area contributed by atoms with Crippen LogP contribution in [0.2, 0.25) is 0 Å². The van der Waals surface area contributed by atoms with Gasteiger partial charge in [0.25, 0.3) is 5.91 Å². The van der Waals surface area contributed by atoms with Crippen LogP contribution in [-0.2, 0) is 13.6 Å². The average Bonchev–Trinajstić information content (AvgIpc) is 3.02. The van der Waals surface area contributed by atoms with Gasteiger partial charge in [-0.1, -0.05) is 0 Å². The number of aromatic nitrogens is 4. The third-order valence-electron chi connectivity index (χ3n) is 4.22. The van der Waals surface area contributed by atoms with Gasteiger partial charge in [-0.15, -0.1) is 5.10 Å². The van der Waals surface area contributed by atoms with E-state index in [2.05, 4.69) is 15.4 Å². The lowest BCUT2D eigenvalue weighted by Gasteiger charge is -2.10. The molecular formula is C19H21N5O4. The lowest BCUT2D eigenvalue weighted by atomic mass is 10.1. The van der Waals surface area contributed by atoms with Gasteiger partial charge in [0, 0.05) is 37.6 Å². The van der Waals surface area contributed by atoms with Gasteiger partial charge >= 0.3 is 5.69 Å². The standard InChI is InChI=1S/C19H21N5O4/c1-23-17(13-5-4-8-20-12-13)22-24(19(23)26)10-9-21-18(25)15-7-6-14(27-2)11-16(15)28-3/h4-8,11-12H,9-10H2,1-3H3,(H,21,25). The Morgan fingerprint density at radius 3 is 2.71 bits per heavy atom. The van der Waals surface area contributed by atoms with Gasteiger partial charge in [-0.3, -0.25) is 14.3 Å². The van der Waals surface area contributed by atoms with Gasteiger partial charge in [0.2, 0.25) is 0 Å². The van der Waals surface area contributed by atoms with Crippen LogP contribution in [0.5, 0.6) is 11.5 Å². The van der Waals surface area contributed by atoms with E-state index >= 15 is 0 Å². The first-order valence-corrected chi connectivity index (χ1v) is 8.59. The number of rotatable bonds is 7. The zero-order valence-corrected chi connectivity index (χ0v) is 15.9. The Bertz CT molecular complexity index is 1030.